The molecule has 0 atom stereocenters. The molecule has 0 N–H and O–H groups in total. The molecular weight excluding hydrogens is 180 g/mol. The first-order chi connectivity index (χ1) is 7.31. The lowest BCUT2D eigenvalue weighted by Gasteiger charge is -2.04. The van der Waals surface area contributed by atoms with E-state index in [2.05, 4.69) is 50.4 Å². The number of hydrogen-bond acceptors (Lipinski definition) is 0. The summed E-state index contributed by atoms with van der Waals surface area (Å²) < 4.78 is 0. The summed E-state index contributed by atoms with van der Waals surface area (Å²) in [4.78, 5) is 0. The number of rotatable bonds is 5. The van der Waals surface area contributed by atoms with Crippen LogP contribution in [0.3, 0.4) is 0 Å². The molecule has 0 spiro atoms. The van der Waals surface area contributed by atoms with Crippen molar-refractivity contribution in [2.75, 3.05) is 0 Å². The van der Waals surface area contributed by atoms with Crippen LogP contribution in [0, 0.1) is 0 Å². The molecule has 1 aromatic rings. The van der Waals surface area contributed by atoms with E-state index in [4.69, 9.17) is 0 Å². The third kappa shape index (κ3) is 3.42. The number of unbranched alkanes of at least 4 members (excludes halogenated alkanes) is 1. The molecule has 0 aliphatic carbocycles. The fourth-order valence-electron chi connectivity index (χ4n) is 1.68. The summed E-state index contributed by atoms with van der Waals surface area (Å²) in [5.74, 6) is 0. The first kappa shape index (κ1) is 11.8. The first-order valence-corrected chi connectivity index (χ1v) is 5.80. The fraction of sp³-hybridized carbons (Fsp3) is 0.400. The smallest absolute Gasteiger partial charge is 0.000306 e. The van der Waals surface area contributed by atoms with Crippen molar-refractivity contribution < 1.29 is 0 Å². The van der Waals surface area contributed by atoms with Gasteiger partial charge in [0.1, 0.15) is 0 Å². The highest BCUT2D eigenvalue weighted by Crippen LogP contribution is 2.17. The first-order valence-electron chi connectivity index (χ1n) is 5.80. The van der Waals surface area contributed by atoms with Crippen LogP contribution in [0.25, 0.3) is 5.57 Å². The van der Waals surface area contributed by atoms with Gasteiger partial charge in [-0.1, -0.05) is 51.1 Å². The van der Waals surface area contributed by atoms with Crippen molar-refractivity contribution in [1.82, 2.24) is 0 Å². The second-order valence-electron chi connectivity index (χ2n) is 3.81. The van der Waals surface area contributed by atoms with Crippen molar-refractivity contribution in [2.45, 2.75) is 39.5 Å². The number of allylic oxidation sites excluding steroid dienone is 1. The van der Waals surface area contributed by atoms with Gasteiger partial charge in [0.05, 0.1) is 0 Å². The van der Waals surface area contributed by atoms with Gasteiger partial charge >= 0.3 is 0 Å². The van der Waals surface area contributed by atoms with E-state index in [9.17, 15) is 0 Å². The molecule has 0 nitrogen and oxygen atoms in total. The third-order valence-electron chi connectivity index (χ3n) is 2.69. The molecule has 0 saturated carbocycles. The summed E-state index contributed by atoms with van der Waals surface area (Å²) in [5, 5.41) is 0. The van der Waals surface area contributed by atoms with Gasteiger partial charge < -0.3 is 0 Å². The summed E-state index contributed by atoms with van der Waals surface area (Å²) in [6.07, 6.45) is 4.72. The Morgan fingerprint density at radius 3 is 2.33 bits per heavy atom. The zero-order chi connectivity index (χ0) is 11.1. The van der Waals surface area contributed by atoms with Crippen LogP contribution in [-0.4, -0.2) is 0 Å². The molecule has 1 aromatic carbocycles. The van der Waals surface area contributed by atoms with Gasteiger partial charge in [0.2, 0.25) is 0 Å². The van der Waals surface area contributed by atoms with Crippen LogP contribution in [0.1, 0.15) is 44.2 Å². The predicted molar refractivity (Wildman–Crippen MR) is 67.9 cm³/mol. The van der Waals surface area contributed by atoms with Gasteiger partial charge in [-0.3, -0.25) is 0 Å². The molecule has 0 saturated heterocycles. The average Bonchev–Trinajstić information content (AvgIpc) is 2.29. The minimum Gasteiger partial charge on any atom is -0.125 e. The summed E-state index contributed by atoms with van der Waals surface area (Å²) in [5.41, 5.74) is 6.89. The Kier molecular flexibility index (Phi) is 4.93. The van der Waals surface area contributed by atoms with Crippen LogP contribution < -0.4 is 0 Å². The lowest BCUT2D eigenvalue weighted by Crippen LogP contribution is -1.86. The summed E-state index contributed by atoms with van der Waals surface area (Å²) >= 11 is 0. The Labute approximate surface area is 93.3 Å². The number of aryl methyl sites for hydroxylation is 1. The Hall–Kier alpha value is -1.26. The highest BCUT2D eigenvalue weighted by Gasteiger charge is 1.98. The Balaban J connectivity index is 2.76. The normalized spacial score (nSPS) is 9.73. The minimum atomic E-state index is 0.998. The van der Waals surface area contributed by atoms with Crippen LogP contribution in [0.15, 0.2) is 36.6 Å². The van der Waals surface area contributed by atoms with Gasteiger partial charge in [0.25, 0.3) is 0 Å². The van der Waals surface area contributed by atoms with E-state index in [1.165, 1.54) is 36.0 Å². The molecular formula is C15H20. The maximum Gasteiger partial charge on any atom is 0.000306 e. The van der Waals surface area contributed by atoms with Crippen molar-refractivity contribution >= 4 is 5.57 Å². The molecule has 0 aromatic heterocycles. The second-order valence-corrected chi connectivity index (χ2v) is 3.81. The summed E-state index contributed by atoms with van der Waals surface area (Å²) in [6, 6.07) is 8.81. The van der Waals surface area contributed by atoms with Crippen LogP contribution in [0.4, 0.5) is 0 Å². The topological polar surface area (TPSA) is 0 Å². The Bertz CT molecular complexity index is 337. The van der Waals surface area contributed by atoms with Gasteiger partial charge in [-0.15, -0.1) is 5.73 Å². The fourth-order valence-corrected chi connectivity index (χ4v) is 1.68. The van der Waals surface area contributed by atoms with E-state index in [1.54, 1.807) is 0 Å². The zero-order valence-electron chi connectivity index (χ0n) is 9.84. The third-order valence-corrected chi connectivity index (χ3v) is 2.69. The zero-order valence-corrected chi connectivity index (χ0v) is 9.84. The maximum atomic E-state index is 3.72. The van der Waals surface area contributed by atoms with Gasteiger partial charge in [-0.25, -0.2) is 0 Å². The van der Waals surface area contributed by atoms with Crippen molar-refractivity contribution in [2.24, 2.45) is 0 Å². The molecule has 1 rings (SSSR count). The summed E-state index contributed by atoms with van der Waals surface area (Å²) in [6.45, 7) is 8.08. The molecule has 0 heterocycles. The SMILES string of the molecule is C=C=C(CC)c1ccc(CCCC)cc1. The van der Waals surface area contributed by atoms with Gasteiger partial charge in [0, 0.05) is 5.57 Å². The van der Waals surface area contributed by atoms with E-state index in [1.807, 2.05) is 0 Å². The average molecular weight is 200 g/mol. The molecule has 0 aliphatic heterocycles. The highest BCUT2D eigenvalue weighted by molar-refractivity contribution is 5.64. The van der Waals surface area contributed by atoms with E-state index < -0.39 is 0 Å². The number of benzene rings is 1. The monoisotopic (exact) mass is 200 g/mol. The maximum absolute atomic E-state index is 3.72. The van der Waals surface area contributed by atoms with Gasteiger partial charge in [-0.2, -0.15) is 0 Å². The Morgan fingerprint density at radius 2 is 1.87 bits per heavy atom. The second kappa shape index (κ2) is 6.27. The lowest BCUT2D eigenvalue weighted by atomic mass is 10.0. The molecule has 15 heavy (non-hydrogen) atoms. The minimum absolute atomic E-state index is 0.998. The van der Waals surface area contributed by atoms with E-state index in [-0.39, 0.29) is 0 Å². The highest BCUT2D eigenvalue weighted by atomic mass is 14.0. The van der Waals surface area contributed by atoms with Crippen LogP contribution in [0.5, 0.6) is 0 Å². The molecule has 0 amide bonds. The molecule has 0 bridgehead atoms. The number of hydrogen-bond donors (Lipinski definition) is 0. The van der Waals surface area contributed by atoms with Gasteiger partial charge in [0.15, 0.2) is 0 Å². The molecule has 0 aliphatic rings. The standard InChI is InChI=1S/C15H20/c1-4-7-8-13-9-11-15(12-10-13)14(5-2)6-3/h9-12H,2,4,6-8H2,1,3H3. The van der Waals surface area contributed by atoms with Crippen molar-refractivity contribution in [3.8, 4) is 0 Å². The largest absolute Gasteiger partial charge is 0.125 e. The predicted octanol–water partition coefficient (Wildman–Crippen LogP) is 4.61. The van der Waals surface area contributed by atoms with Crippen molar-refractivity contribution in [1.29, 1.82) is 0 Å². The van der Waals surface area contributed by atoms with Crippen LogP contribution in [-0.2, 0) is 6.42 Å². The lowest BCUT2D eigenvalue weighted by molar-refractivity contribution is 0.795. The molecule has 80 valence electrons. The van der Waals surface area contributed by atoms with Gasteiger partial charge in [-0.05, 0) is 30.4 Å². The summed E-state index contributed by atoms with van der Waals surface area (Å²) in [7, 11) is 0. The van der Waals surface area contributed by atoms with Crippen LogP contribution >= 0.6 is 0 Å². The van der Waals surface area contributed by atoms with E-state index in [0.717, 1.165) is 6.42 Å². The molecule has 0 unspecified atom stereocenters. The van der Waals surface area contributed by atoms with Crippen molar-refractivity contribution in [3.63, 3.8) is 0 Å². The quantitative estimate of drug-likeness (QED) is 0.609. The molecule has 0 fully saturated rings. The van der Waals surface area contributed by atoms with Crippen molar-refractivity contribution in [3.05, 3.63) is 47.7 Å². The van der Waals surface area contributed by atoms with Crippen LogP contribution in [0.2, 0.25) is 0 Å². The van der Waals surface area contributed by atoms with E-state index >= 15 is 0 Å². The van der Waals surface area contributed by atoms with E-state index in [0.29, 0.717) is 0 Å². The molecule has 0 radical (unpaired) electrons. The Morgan fingerprint density at radius 1 is 1.20 bits per heavy atom. The molecule has 0 heteroatoms.